The lowest BCUT2D eigenvalue weighted by molar-refractivity contribution is -0.126. The number of thioether (sulfide) groups is 1. The predicted molar refractivity (Wildman–Crippen MR) is 118 cm³/mol. The van der Waals surface area contributed by atoms with Crippen LogP contribution in [0.5, 0.6) is 5.75 Å². The number of benzene rings is 2. The quantitative estimate of drug-likeness (QED) is 0.496. The summed E-state index contributed by atoms with van der Waals surface area (Å²) in [7, 11) is 1.58. The molecule has 0 aliphatic carbocycles. The summed E-state index contributed by atoms with van der Waals surface area (Å²) in [5.74, 6) is -0.0606. The Kier molecular flexibility index (Phi) is 7.76. The van der Waals surface area contributed by atoms with Crippen LogP contribution in [0, 0.1) is 5.82 Å². The predicted octanol–water partition coefficient (Wildman–Crippen LogP) is 5.13. The largest absolute Gasteiger partial charge is 0.486 e. The van der Waals surface area contributed by atoms with E-state index < -0.39 is 0 Å². The summed E-state index contributed by atoms with van der Waals surface area (Å²) in [5, 5.41) is 0.335. The molecular weight excluding hydrogens is 456 g/mol. The number of amides is 1. The van der Waals surface area contributed by atoms with Crippen molar-refractivity contribution in [3.05, 3.63) is 63.4 Å². The summed E-state index contributed by atoms with van der Waals surface area (Å²) >= 11 is 19.4. The van der Waals surface area contributed by atoms with Crippen molar-refractivity contribution in [1.82, 2.24) is 4.90 Å². The van der Waals surface area contributed by atoms with Gasteiger partial charge in [0.1, 0.15) is 16.7 Å². The third-order valence-corrected chi connectivity index (χ3v) is 6.42. The van der Waals surface area contributed by atoms with Crippen molar-refractivity contribution in [3.63, 3.8) is 0 Å². The van der Waals surface area contributed by atoms with Crippen LogP contribution in [0.2, 0.25) is 10.0 Å². The lowest BCUT2D eigenvalue weighted by Gasteiger charge is -2.15. The minimum Gasteiger partial charge on any atom is -0.486 e. The number of methoxy groups -OCH3 is 1. The Bertz CT molecular complexity index is 905. The second-order valence-electron chi connectivity index (χ2n) is 6.37. The van der Waals surface area contributed by atoms with E-state index in [0.29, 0.717) is 45.3 Å². The third kappa shape index (κ3) is 5.61. The highest BCUT2D eigenvalue weighted by Gasteiger charge is 2.36. The van der Waals surface area contributed by atoms with Crippen LogP contribution in [-0.2, 0) is 22.6 Å². The SMILES string of the molecule is COCCN1C(=O)[C@@H](Cc2cc(Cl)c(OCc3cccc(F)c3)c(Cl)c2)SC1=S. The molecule has 0 aromatic heterocycles. The van der Waals surface area contributed by atoms with Crippen molar-refractivity contribution in [3.8, 4) is 5.75 Å². The Hall–Kier alpha value is -1.38. The number of carbonyl (C=O) groups is 1. The van der Waals surface area contributed by atoms with Crippen molar-refractivity contribution in [2.75, 3.05) is 20.3 Å². The third-order valence-electron chi connectivity index (χ3n) is 4.28. The van der Waals surface area contributed by atoms with Crippen LogP contribution in [-0.4, -0.2) is 40.6 Å². The van der Waals surface area contributed by atoms with Gasteiger partial charge in [0.05, 0.1) is 28.4 Å². The normalized spacial score (nSPS) is 16.6. The van der Waals surface area contributed by atoms with Crippen molar-refractivity contribution in [2.24, 2.45) is 0 Å². The highest BCUT2D eigenvalue weighted by atomic mass is 35.5. The highest BCUT2D eigenvalue weighted by molar-refractivity contribution is 8.24. The molecule has 0 unspecified atom stereocenters. The van der Waals surface area contributed by atoms with E-state index >= 15 is 0 Å². The maximum Gasteiger partial charge on any atom is 0.242 e. The first-order valence-electron chi connectivity index (χ1n) is 8.75. The molecule has 1 atom stereocenters. The van der Waals surface area contributed by atoms with Gasteiger partial charge < -0.3 is 9.47 Å². The van der Waals surface area contributed by atoms with Crippen LogP contribution in [0.15, 0.2) is 36.4 Å². The van der Waals surface area contributed by atoms with Gasteiger partial charge in [-0.1, -0.05) is 59.3 Å². The molecule has 1 aliphatic heterocycles. The molecule has 0 N–H and O–H groups in total. The summed E-state index contributed by atoms with van der Waals surface area (Å²) < 4.78 is 24.6. The Morgan fingerprint density at radius 3 is 2.59 bits per heavy atom. The number of halogens is 3. The van der Waals surface area contributed by atoms with Gasteiger partial charge in [-0.25, -0.2) is 4.39 Å². The van der Waals surface area contributed by atoms with E-state index in [9.17, 15) is 9.18 Å². The van der Waals surface area contributed by atoms with Gasteiger partial charge in [-0.05, 0) is 41.8 Å². The van der Waals surface area contributed by atoms with Gasteiger partial charge in [-0.2, -0.15) is 0 Å². The van der Waals surface area contributed by atoms with Crippen LogP contribution < -0.4 is 4.74 Å². The van der Waals surface area contributed by atoms with E-state index in [1.165, 1.54) is 23.9 Å². The maximum absolute atomic E-state index is 13.3. The van der Waals surface area contributed by atoms with Crippen molar-refractivity contribution in [1.29, 1.82) is 0 Å². The number of hydrogen-bond donors (Lipinski definition) is 0. The van der Waals surface area contributed by atoms with Crippen LogP contribution >= 0.6 is 47.2 Å². The molecule has 0 bridgehead atoms. The number of thiocarbonyl (C=S) groups is 1. The molecule has 0 radical (unpaired) electrons. The summed E-state index contributed by atoms with van der Waals surface area (Å²) in [6.45, 7) is 0.996. The van der Waals surface area contributed by atoms with Crippen LogP contribution in [0.1, 0.15) is 11.1 Å². The van der Waals surface area contributed by atoms with Crippen molar-refractivity contribution >= 4 is 57.4 Å². The minimum absolute atomic E-state index is 0.0456. The number of nitrogens with zero attached hydrogens (tertiary/aromatic N) is 1. The topological polar surface area (TPSA) is 38.8 Å². The Morgan fingerprint density at radius 2 is 1.93 bits per heavy atom. The summed E-state index contributed by atoms with van der Waals surface area (Å²) in [6.07, 6.45) is 0.441. The maximum atomic E-state index is 13.3. The molecule has 1 heterocycles. The first kappa shape index (κ1) is 22.3. The molecule has 1 amide bonds. The van der Waals surface area contributed by atoms with Gasteiger partial charge in [-0.3, -0.25) is 9.69 Å². The molecule has 3 rings (SSSR count). The average molecular weight is 474 g/mol. The fourth-order valence-corrected chi connectivity index (χ4v) is 5.10. The molecule has 2 aromatic carbocycles. The smallest absolute Gasteiger partial charge is 0.242 e. The highest BCUT2D eigenvalue weighted by Crippen LogP contribution is 2.37. The fourth-order valence-electron chi connectivity index (χ4n) is 2.88. The molecule has 29 heavy (non-hydrogen) atoms. The first-order chi connectivity index (χ1) is 13.9. The van der Waals surface area contributed by atoms with Crippen molar-refractivity contribution in [2.45, 2.75) is 18.3 Å². The average Bonchev–Trinajstić information content (AvgIpc) is 2.92. The van der Waals surface area contributed by atoms with E-state index in [-0.39, 0.29) is 23.6 Å². The molecule has 2 aromatic rings. The second kappa shape index (κ2) is 10.1. The van der Waals surface area contributed by atoms with E-state index in [4.69, 9.17) is 44.9 Å². The van der Waals surface area contributed by atoms with Gasteiger partial charge in [-0.15, -0.1) is 0 Å². The van der Waals surface area contributed by atoms with Gasteiger partial charge in [0, 0.05) is 7.11 Å². The van der Waals surface area contributed by atoms with Gasteiger partial charge in [0.15, 0.2) is 5.75 Å². The van der Waals surface area contributed by atoms with Crippen molar-refractivity contribution < 1.29 is 18.7 Å². The van der Waals surface area contributed by atoms with Gasteiger partial charge in [0.2, 0.25) is 5.91 Å². The minimum atomic E-state index is -0.338. The zero-order valence-corrected chi connectivity index (χ0v) is 18.6. The molecule has 1 aliphatic rings. The summed E-state index contributed by atoms with van der Waals surface area (Å²) in [5.41, 5.74) is 1.47. The van der Waals surface area contributed by atoms with Gasteiger partial charge in [0.25, 0.3) is 0 Å². The van der Waals surface area contributed by atoms with Gasteiger partial charge >= 0.3 is 0 Å². The molecule has 9 heteroatoms. The van der Waals surface area contributed by atoms with Crippen LogP contribution in [0.3, 0.4) is 0 Å². The standard InChI is InChI=1S/C20H18Cl2FNO3S2/c1-26-6-5-24-19(25)17(29-20(24)28)10-13-8-15(21)18(16(22)9-13)27-11-12-3-2-4-14(23)7-12/h2-4,7-9,17H,5-6,10-11H2,1H3/t17-/m1/s1. The second-order valence-corrected chi connectivity index (χ2v) is 9.02. The Morgan fingerprint density at radius 1 is 1.21 bits per heavy atom. The molecular formula is C20H18Cl2FNO3S2. The van der Waals surface area contributed by atoms with E-state index in [2.05, 4.69) is 0 Å². The van der Waals surface area contributed by atoms with E-state index in [1.54, 1.807) is 36.3 Å². The molecule has 0 saturated carbocycles. The Balaban J connectivity index is 1.67. The van der Waals surface area contributed by atoms with Crippen LogP contribution in [0.25, 0.3) is 0 Å². The molecule has 1 fully saturated rings. The monoisotopic (exact) mass is 473 g/mol. The fraction of sp³-hybridized carbons (Fsp3) is 0.300. The lowest BCUT2D eigenvalue weighted by atomic mass is 10.1. The number of hydrogen-bond acceptors (Lipinski definition) is 5. The number of rotatable bonds is 8. The zero-order valence-electron chi connectivity index (χ0n) is 15.5. The van der Waals surface area contributed by atoms with Crippen LogP contribution in [0.4, 0.5) is 4.39 Å². The lowest BCUT2D eigenvalue weighted by Crippen LogP contribution is -2.34. The number of ether oxygens (including phenoxy) is 2. The molecule has 4 nitrogen and oxygen atoms in total. The number of carbonyl (C=O) groups excluding carboxylic acids is 1. The summed E-state index contributed by atoms with van der Waals surface area (Å²) in [6, 6.07) is 9.56. The molecule has 154 valence electrons. The summed E-state index contributed by atoms with van der Waals surface area (Å²) in [4.78, 5) is 14.2. The Labute approximate surface area is 188 Å². The first-order valence-corrected chi connectivity index (χ1v) is 10.8. The molecule has 1 saturated heterocycles. The van der Waals surface area contributed by atoms with E-state index in [0.717, 1.165) is 5.56 Å². The van der Waals surface area contributed by atoms with E-state index in [1.807, 2.05) is 0 Å². The zero-order chi connectivity index (χ0) is 21.0. The molecule has 0 spiro atoms.